The number of rotatable bonds is 7. The molecule has 8 nitrogen and oxygen atoms in total. The summed E-state index contributed by atoms with van der Waals surface area (Å²) in [5.74, 6) is 1.65. The largest absolute Gasteiger partial charge is 0.375 e. The van der Waals surface area contributed by atoms with Crippen molar-refractivity contribution in [2.24, 2.45) is 5.92 Å². The highest BCUT2D eigenvalue weighted by Gasteiger charge is 2.51. The van der Waals surface area contributed by atoms with Crippen molar-refractivity contribution in [3.05, 3.63) is 48.3 Å². The van der Waals surface area contributed by atoms with Crippen molar-refractivity contribution >= 4 is 22.6 Å². The minimum absolute atomic E-state index is 0.0217. The molecule has 4 fully saturated rings. The number of amides is 1. The van der Waals surface area contributed by atoms with Gasteiger partial charge >= 0.3 is 0 Å². The predicted molar refractivity (Wildman–Crippen MR) is 138 cm³/mol. The van der Waals surface area contributed by atoms with Crippen molar-refractivity contribution in [3.8, 4) is 11.4 Å². The third-order valence-electron chi connectivity index (χ3n) is 7.56. The lowest BCUT2D eigenvalue weighted by atomic mass is 9.73. The summed E-state index contributed by atoms with van der Waals surface area (Å²) in [6.07, 6.45) is 5.54. The quantitative estimate of drug-likeness (QED) is 0.545. The van der Waals surface area contributed by atoms with Crippen LogP contribution in [-0.2, 0) is 20.7 Å². The highest BCUT2D eigenvalue weighted by Crippen LogP contribution is 2.50. The van der Waals surface area contributed by atoms with Crippen molar-refractivity contribution in [1.82, 2.24) is 20.3 Å². The van der Waals surface area contributed by atoms with E-state index in [1.807, 2.05) is 36.4 Å². The van der Waals surface area contributed by atoms with E-state index in [-0.39, 0.29) is 30.1 Å². The summed E-state index contributed by atoms with van der Waals surface area (Å²) < 4.78 is 11.7. The van der Waals surface area contributed by atoms with Crippen LogP contribution in [0.2, 0.25) is 0 Å². The second-order valence-corrected chi connectivity index (χ2v) is 10.7. The minimum Gasteiger partial charge on any atom is -0.375 e. The fraction of sp³-hybridized carbons (Fsp3) is 0.500. The van der Waals surface area contributed by atoms with Gasteiger partial charge in [-0.25, -0.2) is 9.97 Å². The molecule has 3 aliphatic heterocycles. The maximum Gasteiger partial charge on any atom is 0.226 e. The second kappa shape index (κ2) is 9.41. The SMILES string of the molecule is C[C@@H]1CN(c2cccc(-c3ccc4cnc(CC(=O)NCCC56CC(CO5)C6)cc4n3)n2)C[C@H](C)O1. The van der Waals surface area contributed by atoms with Crippen LogP contribution in [0, 0.1) is 5.92 Å². The molecule has 1 amide bonds. The number of morpholine rings is 1. The van der Waals surface area contributed by atoms with Gasteiger partial charge in [-0.2, -0.15) is 0 Å². The maximum absolute atomic E-state index is 12.5. The molecule has 2 bridgehead atoms. The zero-order valence-corrected chi connectivity index (χ0v) is 20.9. The van der Waals surface area contributed by atoms with E-state index in [9.17, 15) is 4.79 Å². The van der Waals surface area contributed by atoms with E-state index in [0.29, 0.717) is 12.2 Å². The molecule has 1 aliphatic carbocycles. The minimum atomic E-state index is -0.0217. The van der Waals surface area contributed by atoms with E-state index >= 15 is 0 Å². The monoisotopic (exact) mass is 487 g/mol. The molecule has 1 saturated carbocycles. The zero-order chi connectivity index (χ0) is 24.7. The number of nitrogens with zero attached hydrogens (tertiary/aromatic N) is 4. The van der Waals surface area contributed by atoms with Gasteiger partial charge in [-0.3, -0.25) is 9.78 Å². The molecule has 6 heterocycles. The highest BCUT2D eigenvalue weighted by molar-refractivity contribution is 5.83. The molecule has 3 saturated heterocycles. The summed E-state index contributed by atoms with van der Waals surface area (Å²) >= 11 is 0. The first-order valence-electron chi connectivity index (χ1n) is 13.0. The Morgan fingerprint density at radius 2 is 1.92 bits per heavy atom. The first-order valence-corrected chi connectivity index (χ1v) is 13.0. The smallest absolute Gasteiger partial charge is 0.226 e. The topological polar surface area (TPSA) is 89.5 Å². The Hall–Kier alpha value is -3.10. The van der Waals surface area contributed by atoms with Gasteiger partial charge in [-0.15, -0.1) is 0 Å². The maximum atomic E-state index is 12.5. The van der Waals surface area contributed by atoms with Crippen molar-refractivity contribution in [2.45, 2.75) is 57.3 Å². The molecule has 2 atom stereocenters. The van der Waals surface area contributed by atoms with E-state index in [2.05, 4.69) is 29.0 Å². The molecule has 8 heteroatoms. The van der Waals surface area contributed by atoms with Gasteiger partial charge in [0.25, 0.3) is 0 Å². The first kappa shape index (κ1) is 23.3. The van der Waals surface area contributed by atoms with Gasteiger partial charge in [-0.05, 0) is 69.4 Å². The van der Waals surface area contributed by atoms with E-state index in [1.165, 1.54) is 0 Å². The number of pyridine rings is 3. The van der Waals surface area contributed by atoms with Gasteiger partial charge in [0.2, 0.25) is 5.91 Å². The molecule has 3 aromatic rings. The van der Waals surface area contributed by atoms with Crippen molar-refractivity contribution in [1.29, 1.82) is 0 Å². The van der Waals surface area contributed by atoms with Crippen LogP contribution in [0.25, 0.3) is 22.3 Å². The van der Waals surface area contributed by atoms with Gasteiger partial charge in [-0.1, -0.05) is 6.07 Å². The summed E-state index contributed by atoms with van der Waals surface area (Å²) in [7, 11) is 0. The third kappa shape index (κ3) is 4.80. The molecule has 36 heavy (non-hydrogen) atoms. The summed E-state index contributed by atoms with van der Waals surface area (Å²) in [6, 6.07) is 11.9. The third-order valence-corrected chi connectivity index (χ3v) is 7.56. The molecular formula is C28H33N5O3. The van der Waals surface area contributed by atoms with Crippen LogP contribution in [0.4, 0.5) is 5.82 Å². The average molecular weight is 488 g/mol. The molecule has 0 spiro atoms. The Balaban J connectivity index is 1.14. The molecule has 0 radical (unpaired) electrons. The zero-order valence-electron chi connectivity index (χ0n) is 20.9. The Kier molecular flexibility index (Phi) is 6.09. The Morgan fingerprint density at radius 1 is 1.11 bits per heavy atom. The number of ether oxygens (including phenoxy) is 2. The van der Waals surface area contributed by atoms with Crippen LogP contribution < -0.4 is 10.2 Å². The van der Waals surface area contributed by atoms with Gasteiger partial charge in [0, 0.05) is 31.2 Å². The van der Waals surface area contributed by atoms with Crippen molar-refractivity contribution in [2.75, 3.05) is 31.1 Å². The molecule has 3 aromatic heterocycles. The molecule has 4 aliphatic rings. The molecule has 188 valence electrons. The molecule has 0 unspecified atom stereocenters. The number of carbonyl (C=O) groups excluding carboxylic acids is 1. The van der Waals surface area contributed by atoms with Crippen LogP contribution in [0.3, 0.4) is 0 Å². The summed E-state index contributed by atoms with van der Waals surface area (Å²) in [5, 5.41) is 3.97. The van der Waals surface area contributed by atoms with Gasteiger partial charge < -0.3 is 19.7 Å². The van der Waals surface area contributed by atoms with E-state index in [4.69, 9.17) is 19.4 Å². The first-order chi connectivity index (χ1) is 17.4. The van der Waals surface area contributed by atoms with Crippen molar-refractivity contribution in [3.63, 3.8) is 0 Å². The number of nitrogens with one attached hydrogen (secondary N) is 1. The van der Waals surface area contributed by atoms with Gasteiger partial charge in [0.05, 0.1) is 53.4 Å². The van der Waals surface area contributed by atoms with E-state index < -0.39 is 0 Å². The van der Waals surface area contributed by atoms with Crippen LogP contribution in [0.1, 0.15) is 38.8 Å². The van der Waals surface area contributed by atoms with Crippen molar-refractivity contribution < 1.29 is 14.3 Å². The number of carbonyl (C=O) groups is 1. The number of fused-ring (bicyclic) bond motifs is 2. The standard InChI is InChI=1S/C28H33N5O3/c1-18-15-33(16-19(2)36-18)26-5-3-4-23(32-26)24-7-6-21-14-30-22(10-25(21)31-24)11-27(34)29-9-8-28-12-20(13-28)17-35-28/h3-7,10,14,18-20H,8-9,11-13,15-17H2,1-2H3,(H,29,34)/t18-,19+,20?,28?. The lowest BCUT2D eigenvalue weighted by molar-refractivity contribution is -0.120. The number of hydrogen-bond donors (Lipinski definition) is 1. The lowest BCUT2D eigenvalue weighted by Crippen LogP contribution is -2.45. The van der Waals surface area contributed by atoms with Gasteiger partial charge in [0.1, 0.15) is 5.82 Å². The Labute approximate surface area is 211 Å². The Morgan fingerprint density at radius 3 is 2.69 bits per heavy atom. The fourth-order valence-corrected chi connectivity index (χ4v) is 5.86. The van der Waals surface area contributed by atoms with E-state index in [1.54, 1.807) is 6.20 Å². The number of anilines is 1. The molecular weight excluding hydrogens is 454 g/mol. The summed E-state index contributed by atoms with van der Waals surface area (Å²) in [5.41, 5.74) is 3.17. The molecule has 7 rings (SSSR count). The Bertz CT molecular complexity index is 1260. The summed E-state index contributed by atoms with van der Waals surface area (Å²) in [4.78, 5) is 29.1. The molecule has 0 aromatic carbocycles. The van der Waals surface area contributed by atoms with Crippen LogP contribution in [0.5, 0.6) is 0 Å². The number of hydrogen-bond acceptors (Lipinski definition) is 7. The highest BCUT2D eigenvalue weighted by atomic mass is 16.5. The van der Waals surface area contributed by atoms with Crippen LogP contribution in [0.15, 0.2) is 42.6 Å². The molecule has 1 N–H and O–H groups in total. The van der Waals surface area contributed by atoms with Gasteiger partial charge in [0.15, 0.2) is 0 Å². The van der Waals surface area contributed by atoms with Crippen LogP contribution in [-0.4, -0.2) is 64.9 Å². The normalized spacial score (nSPS) is 27.2. The fourth-order valence-electron chi connectivity index (χ4n) is 5.86. The number of aromatic nitrogens is 3. The lowest BCUT2D eigenvalue weighted by Gasteiger charge is -2.36. The second-order valence-electron chi connectivity index (χ2n) is 10.7. The predicted octanol–water partition coefficient (Wildman–Crippen LogP) is 3.53. The summed E-state index contributed by atoms with van der Waals surface area (Å²) in [6.45, 7) is 7.35. The van der Waals surface area contributed by atoms with E-state index in [0.717, 1.165) is 73.0 Å². The average Bonchev–Trinajstić information content (AvgIpc) is 3.44. The van der Waals surface area contributed by atoms with Crippen LogP contribution >= 0.6 is 0 Å².